The van der Waals surface area contributed by atoms with Gasteiger partial charge in [-0.25, -0.2) is 0 Å². The van der Waals surface area contributed by atoms with Crippen LogP contribution in [0.1, 0.15) is 16.8 Å². The second kappa shape index (κ2) is 7.43. The molecule has 2 aromatic heterocycles. The lowest BCUT2D eigenvalue weighted by Gasteiger charge is -2.10. The van der Waals surface area contributed by atoms with E-state index in [4.69, 9.17) is 4.74 Å². The van der Waals surface area contributed by atoms with Gasteiger partial charge in [-0.3, -0.25) is 9.78 Å². The van der Waals surface area contributed by atoms with E-state index in [1.807, 2.05) is 18.2 Å². The Morgan fingerprint density at radius 1 is 1.00 bits per heavy atom. The van der Waals surface area contributed by atoms with E-state index < -0.39 is 11.9 Å². The van der Waals surface area contributed by atoms with Gasteiger partial charge in [0.15, 0.2) is 0 Å². The van der Waals surface area contributed by atoms with Crippen molar-refractivity contribution in [3.63, 3.8) is 0 Å². The average Bonchev–Trinajstić information content (AvgIpc) is 2.63. The number of para-hydroxylation sites is 1. The molecule has 0 fully saturated rings. The van der Waals surface area contributed by atoms with E-state index >= 15 is 0 Å². The van der Waals surface area contributed by atoms with E-state index in [1.165, 1.54) is 10.6 Å². The molecule has 3 aromatic rings. The largest absolute Gasteiger partial charge is 0.489 e. The van der Waals surface area contributed by atoms with E-state index in [9.17, 15) is 18.0 Å². The number of hydrogen-bond donors (Lipinski definition) is 0. The summed E-state index contributed by atoms with van der Waals surface area (Å²) in [6.45, 7) is 0.234. The normalized spacial score (nSPS) is 11.3. The first-order valence-electron chi connectivity index (χ1n) is 7.82. The Morgan fingerprint density at radius 3 is 2.42 bits per heavy atom. The zero-order valence-electron chi connectivity index (χ0n) is 13.6. The van der Waals surface area contributed by atoms with Gasteiger partial charge < -0.3 is 9.30 Å². The van der Waals surface area contributed by atoms with Gasteiger partial charge in [0.2, 0.25) is 0 Å². The summed E-state index contributed by atoms with van der Waals surface area (Å²) in [5.41, 5.74) is -0.264. The van der Waals surface area contributed by atoms with Crippen LogP contribution in [0.2, 0.25) is 0 Å². The standard InChI is InChI=1S/C19H15F3N2O2/c20-19(21,22)17-9-8-14(11-23-17)12-24-10-4-5-15(18(24)25)13-26-16-6-2-1-3-7-16/h1-11H,12-13H2. The van der Waals surface area contributed by atoms with Crippen LogP contribution in [-0.2, 0) is 19.3 Å². The molecule has 0 atom stereocenters. The smallest absolute Gasteiger partial charge is 0.433 e. The zero-order chi connectivity index (χ0) is 18.6. The first-order chi connectivity index (χ1) is 12.4. The highest BCUT2D eigenvalue weighted by Gasteiger charge is 2.31. The van der Waals surface area contributed by atoms with Crippen molar-refractivity contribution in [1.29, 1.82) is 0 Å². The highest BCUT2D eigenvalue weighted by Crippen LogP contribution is 2.27. The maximum absolute atomic E-state index is 12.6. The molecule has 1 aromatic carbocycles. The highest BCUT2D eigenvalue weighted by atomic mass is 19.4. The number of nitrogens with zero attached hydrogens (tertiary/aromatic N) is 2. The predicted molar refractivity (Wildman–Crippen MR) is 89.8 cm³/mol. The first kappa shape index (κ1) is 17.7. The van der Waals surface area contributed by atoms with Crippen molar-refractivity contribution in [3.05, 3.63) is 94.2 Å². The quantitative estimate of drug-likeness (QED) is 0.693. The summed E-state index contributed by atoms with van der Waals surface area (Å²) >= 11 is 0. The Hall–Kier alpha value is -3.09. The van der Waals surface area contributed by atoms with Gasteiger partial charge in [0, 0.05) is 12.4 Å². The monoisotopic (exact) mass is 360 g/mol. The first-order valence-corrected chi connectivity index (χ1v) is 7.82. The van der Waals surface area contributed by atoms with Crippen molar-refractivity contribution in [2.45, 2.75) is 19.3 Å². The topological polar surface area (TPSA) is 44.1 Å². The molecule has 0 saturated carbocycles. The van der Waals surface area contributed by atoms with Crippen LogP contribution in [0, 0.1) is 0 Å². The van der Waals surface area contributed by atoms with Gasteiger partial charge in [0.25, 0.3) is 5.56 Å². The van der Waals surface area contributed by atoms with E-state index in [-0.39, 0.29) is 18.7 Å². The maximum atomic E-state index is 12.6. The fourth-order valence-electron chi connectivity index (χ4n) is 2.38. The summed E-state index contributed by atoms with van der Waals surface area (Å²) in [6, 6.07) is 14.7. The number of halogens is 3. The molecule has 0 unspecified atom stereocenters. The summed E-state index contributed by atoms with van der Waals surface area (Å²) < 4.78 is 44.7. The molecule has 0 saturated heterocycles. The molecule has 0 amide bonds. The molecule has 0 radical (unpaired) electrons. The molecule has 0 bridgehead atoms. The minimum atomic E-state index is -4.48. The number of hydrogen-bond acceptors (Lipinski definition) is 3. The van der Waals surface area contributed by atoms with E-state index in [2.05, 4.69) is 4.98 Å². The van der Waals surface area contributed by atoms with Crippen molar-refractivity contribution in [2.75, 3.05) is 0 Å². The van der Waals surface area contributed by atoms with E-state index in [0.717, 1.165) is 12.3 Å². The minimum absolute atomic E-state index is 0.106. The molecule has 0 spiro atoms. The zero-order valence-corrected chi connectivity index (χ0v) is 13.6. The molecule has 2 heterocycles. The number of benzene rings is 1. The van der Waals surface area contributed by atoms with Crippen LogP contribution in [0.5, 0.6) is 5.75 Å². The van der Waals surface area contributed by atoms with Crippen LogP contribution in [0.15, 0.2) is 71.8 Å². The summed E-state index contributed by atoms with van der Waals surface area (Å²) in [4.78, 5) is 15.9. The van der Waals surface area contributed by atoms with Gasteiger partial charge in [-0.1, -0.05) is 24.3 Å². The Kier molecular flexibility index (Phi) is 5.06. The van der Waals surface area contributed by atoms with Crippen molar-refractivity contribution >= 4 is 0 Å². The maximum Gasteiger partial charge on any atom is 0.433 e. The van der Waals surface area contributed by atoms with Crippen LogP contribution in [0.25, 0.3) is 0 Å². The van der Waals surface area contributed by atoms with Crippen LogP contribution in [0.4, 0.5) is 13.2 Å². The number of aromatic nitrogens is 2. The Morgan fingerprint density at radius 2 is 1.77 bits per heavy atom. The predicted octanol–water partition coefficient (Wildman–Crippen LogP) is 3.89. The number of pyridine rings is 2. The molecule has 0 aliphatic carbocycles. The fraction of sp³-hybridized carbons (Fsp3) is 0.158. The molecular weight excluding hydrogens is 345 g/mol. The van der Waals surface area contributed by atoms with Gasteiger partial charge in [0.05, 0.1) is 12.1 Å². The van der Waals surface area contributed by atoms with Crippen molar-refractivity contribution in [3.8, 4) is 5.75 Å². The average molecular weight is 360 g/mol. The third kappa shape index (κ3) is 4.30. The van der Waals surface area contributed by atoms with Crippen LogP contribution < -0.4 is 10.3 Å². The second-order valence-corrected chi connectivity index (χ2v) is 5.62. The van der Waals surface area contributed by atoms with Gasteiger partial charge in [-0.2, -0.15) is 13.2 Å². The molecule has 0 N–H and O–H groups in total. The fourth-order valence-corrected chi connectivity index (χ4v) is 2.38. The molecule has 26 heavy (non-hydrogen) atoms. The van der Waals surface area contributed by atoms with Crippen LogP contribution >= 0.6 is 0 Å². The third-order valence-electron chi connectivity index (χ3n) is 3.70. The summed E-state index contributed by atoms with van der Waals surface area (Å²) in [5.74, 6) is 0.647. The number of ether oxygens (including phenoxy) is 1. The molecular formula is C19H15F3N2O2. The molecule has 0 aliphatic heterocycles. The van der Waals surface area contributed by atoms with Crippen molar-refractivity contribution in [2.24, 2.45) is 0 Å². The molecule has 4 nitrogen and oxygen atoms in total. The third-order valence-corrected chi connectivity index (χ3v) is 3.70. The molecule has 0 aliphatic rings. The number of alkyl halides is 3. The lowest BCUT2D eigenvalue weighted by Crippen LogP contribution is -2.24. The van der Waals surface area contributed by atoms with Crippen LogP contribution in [-0.4, -0.2) is 9.55 Å². The molecule has 3 rings (SSSR count). The Labute approximate surface area is 147 Å². The van der Waals surface area contributed by atoms with E-state index in [1.54, 1.807) is 30.5 Å². The minimum Gasteiger partial charge on any atom is -0.489 e. The lowest BCUT2D eigenvalue weighted by molar-refractivity contribution is -0.141. The second-order valence-electron chi connectivity index (χ2n) is 5.62. The van der Waals surface area contributed by atoms with Gasteiger partial charge in [-0.15, -0.1) is 0 Å². The van der Waals surface area contributed by atoms with Gasteiger partial charge in [-0.05, 0) is 35.9 Å². The SMILES string of the molecule is O=c1c(COc2ccccc2)cccn1Cc1ccc(C(F)(F)F)nc1. The summed E-state index contributed by atoms with van der Waals surface area (Å²) in [5, 5.41) is 0. The molecule has 7 heteroatoms. The van der Waals surface area contributed by atoms with Gasteiger partial charge >= 0.3 is 6.18 Å². The summed E-state index contributed by atoms with van der Waals surface area (Å²) in [7, 11) is 0. The van der Waals surface area contributed by atoms with Crippen LogP contribution in [0.3, 0.4) is 0 Å². The lowest BCUT2D eigenvalue weighted by atomic mass is 10.2. The highest BCUT2D eigenvalue weighted by molar-refractivity contribution is 5.22. The van der Waals surface area contributed by atoms with Crippen molar-refractivity contribution < 1.29 is 17.9 Å². The number of rotatable bonds is 5. The Balaban J connectivity index is 1.74. The summed E-state index contributed by atoms with van der Waals surface area (Å²) in [6.07, 6.45) is -1.78. The van der Waals surface area contributed by atoms with Gasteiger partial charge in [0.1, 0.15) is 18.1 Å². The van der Waals surface area contributed by atoms with Crippen molar-refractivity contribution in [1.82, 2.24) is 9.55 Å². The Bertz CT molecular complexity index is 920. The van der Waals surface area contributed by atoms with E-state index in [0.29, 0.717) is 16.9 Å². The molecule has 134 valence electrons.